The summed E-state index contributed by atoms with van der Waals surface area (Å²) in [5.41, 5.74) is 3.57. The quantitative estimate of drug-likeness (QED) is 0.376. The van der Waals surface area contributed by atoms with Crippen LogP contribution in [0.4, 0.5) is 11.4 Å². The van der Waals surface area contributed by atoms with Crippen LogP contribution in [0.5, 0.6) is 5.75 Å². The Morgan fingerprint density at radius 2 is 1.85 bits per heavy atom. The van der Waals surface area contributed by atoms with E-state index in [9.17, 15) is 24.8 Å². The van der Waals surface area contributed by atoms with E-state index in [1.165, 1.54) is 6.07 Å². The van der Waals surface area contributed by atoms with Gasteiger partial charge in [-0.3, -0.25) is 25.1 Å². The molecule has 2 amide bonds. The van der Waals surface area contributed by atoms with E-state index in [2.05, 4.69) is 5.43 Å². The summed E-state index contributed by atoms with van der Waals surface area (Å²) in [6, 6.07) is 7.31. The van der Waals surface area contributed by atoms with Crippen molar-refractivity contribution in [3.8, 4) is 5.75 Å². The molecule has 0 spiro atoms. The van der Waals surface area contributed by atoms with Crippen molar-refractivity contribution in [2.24, 2.45) is 0 Å². The van der Waals surface area contributed by atoms with Crippen LogP contribution in [0.25, 0.3) is 6.08 Å². The maximum Gasteiger partial charge on any atom is 0.282 e. The number of carbonyl (C=O) groups excluding carboxylic acids is 2. The van der Waals surface area contributed by atoms with E-state index in [4.69, 9.17) is 11.6 Å². The Kier molecular flexibility index (Phi) is 4.59. The van der Waals surface area contributed by atoms with Crippen LogP contribution in [-0.4, -0.2) is 16.7 Å². The van der Waals surface area contributed by atoms with Crippen molar-refractivity contribution >= 4 is 40.9 Å². The van der Waals surface area contributed by atoms with Crippen LogP contribution in [0.3, 0.4) is 0 Å². The van der Waals surface area contributed by atoms with Gasteiger partial charge in [0.05, 0.1) is 10.6 Å². The number of nitro groups is 1. The minimum absolute atomic E-state index is 0.0509. The third-order valence-electron chi connectivity index (χ3n) is 4.20. The third kappa shape index (κ3) is 3.34. The van der Waals surface area contributed by atoms with Gasteiger partial charge in [0.15, 0.2) is 0 Å². The highest BCUT2D eigenvalue weighted by Gasteiger charge is 2.34. The first-order valence-electron chi connectivity index (χ1n) is 7.78. The van der Waals surface area contributed by atoms with Crippen LogP contribution >= 0.6 is 11.6 Å². The number of carbonyl (C=O) groups is 2. The summed E-state index contributed by atoms with van der Waals surface area (Å²) in [5.74, 6) is -2.33. The molecule has 1 heterocycles. The van der Waals surface area contributed by atoms with Crippen LogP contribution < -0.4 is 15.5 Å². The van der Waals surface area contributed by atoms with Crippen molar-refractivity contribution in [1.82, 2.24) is 5.43 Å². The van der Waals surface area contributed by atoms with Gasteiger partial charge in [0.25, 0.3) is 17.5 Å². The number of nitrogens with one attached hydrogen (secondary N) is 1. The number of hydrogen-bond donors (Lipinski definition) is 1. The molecule has 1 N–H and O–H groups in total. The zero-order valence-corrected chi connectivity index (χ0v) is 15.0. The molecule has 0 unspecified atom stereocenters. The fraction of sp³-hybridized carbons (Fsp3) is 0.111. The minimum atomic E-state index is -0.929. The molecule has 2 aromatic carbocycles. The van der Waals surface area contributed by atoms with Gasteiger partial charge in [-0.25, -0.2) is 5.01 Å². The first kappa shape index (κ1) is 18.4. The van der Waals surface area contributed by atoms with Crippen LogP contribution in [0.2, 0.25) is 5.02 Å². The topological polar surface area (TPSA) is 116 Å². The summed E-state index contributed by atoms with van der Waals surface area (Å²) in [6.45, 7) is 3.78. The highest BCUT2D eigenvalue weighted by atomic mass is 35.5. The normalized spacial score (nSPS) is 15.4. The van der Waals surface area contributed by atoms with Crippen molar-refractivity contribution in [2.75, 3.05) is 5.01 Å². The fourth-order valence-corrected chi connectivity index (χ4v) is 2.82. The summed E-state index contributed by atoms with van der Waals surface area (Å²) >= 11 is 5.81. The molecule has 1 fully saturated rings. The van der Waals surface area contributed by atoms with Gasteiger partial charge < -0.3 is 5.11 Å². The van der Waals surface area contributed by atoms with Crippen LogP contribution in [-0.2, 0) is 9.59 Å². The molecule has 0 radical (unpaired) electrons. The number of amides is 2. The number of nitrogens with zero attached hydrogens (tertiary/aromatic N) is 2. The van der Waals surface area contributed by atoms with E-state index in [0.29, 0.717) is 5.69 Å². The van der Waals surface area contributed by atoms with Gasteiger partial charge in [0.2, 0.25) is 0 Å². The minimum Gasteiger partial charge on any atom is -0.867 e. The van der Waals surface area contributed by atoms with Crippen LogP contribution in [0, 0.1) is 24.0 Å². The Balaban J connectivity index is 2.03. The second-order valence-corrected chi connectivity index (χ2v) is 6.44. The summed E-state index contributed by atoms with van der Waals surface area (Å²) in [7, 11) is 0. The van der Waals surface area contributed by atoms with Gasteiger partial charge in [-0.2, -0.15) is 0 Å². The maximum absolute atomic E-state index is 12.6. The molecule has 0 aliphatic carbocycles. The van der Waals surface area contributed by atoms with Gasteiger partial charge in [0.1, 0.15) is 5.57 Å². The fourth-order valence-electron chi connectivity index (χ4n) is 2.60. The standard InChI is InChI=1S/C18H14ClN3O5/c1-9-3-4-13(5-10(9)2)21-18(25)14(17(24)20-21)7-11-6-12(19)8-15(16(11)23)22(26)27/h3-8,23H,1-2H3,(H,20,24)/p-1/b14-7+. The van der Waals surface area contributed by atoms with Gasteiger partial charge in [-0.1, -0.05) is 17.7 Å². The SMILES string of the molecule is Cc1ccc(N2NC(=O)/C(=C\c3cc(Cl)cc([N+](=O)[O-])c3[O-])C2=O)cc1C. The lowest BCUT2D eigenvalue weighted by atomic mass is 10.1. The molecular formula is C18H13ClN3O5-. The van der Waals surface area contributed by atoms with E-state index >= 15 is 0 Å². The number of rotatable bonds is 3. The van der Waals surface area contributed by atoms with Crippen molar-refractivity contribution in [3.05, 3.63) is 67.7 Å². The van der Waals surface area contributed by atoms with Crippen LogP contribution in [0.1, 0.15) is 16.7 Å². The molecule has 1 aliphatic rings. The zero-order valence-electron chi connectivity index (χ0n) is 14.3. The molecule has 2 aromatic rings. The monoisotopic (exact) mass is 386 g/mol. The van der Waals surface area contributed by atoms with Gasteiger partial charge in [0, 0.05) is 11.1 Å². The molecule has 3 rings (SSSR count). The molecule has 0 atom stereocenters. The number of nitro benzene ring substituents is 1. The van der Waals surface area contributed by atoms with E-state index in [-0.39, 0.29) is 16.2 Å². The predicted molar refractivity (Wildman–Crippen MR) is 97.1 cm³/mol. The predicted octanol–water partition coefficient (Wildman–Crippen LogP) is 2.40. The molecule has 1 aliphatic heterocycles. The lowest BCUT2D eigenvalue weighted by molar-refractivity contribution is -0.398. The molecule has 138 valence electrons. The summed E-state index contributed by atoms with van der Waals surface area (Å²) < 4.78 is 0. The first-order chi connectivity index (χ1) is 12.7. The summed E-state index contributed by atoms with van der Waals surface area (Å²) in [6.07, 6.45) is 1.01. The van der Waals surface area contributed by atoms with E-state index in [0.717, 1.165) is 28.3 Å². The van der Waals surface area contributed by atoms with E-state index in [1.807, 2.05) is 19.9 Å². The van der Waals surface area contributed by atoms with Crippen LogP contribution in [0.15, 0.2) is 35.9 Å². The Morgan fingerprint density at radius 3 is 2.48 bits per heavy atom. The average molecular weight is 387 g/mol. The molecule has 0 aromatic heterocycles. The number of hydrogen-bond acceptors (Lipinski definition) is 5. The Morgan fingerprint density at radius 1 is 1.15 bits per heavy atom. The van der Waals surface area contributed by atoms with Gasteiger partial charge in [-0.15, -0.1) is 0 Å². The smallest absolute Gasteiger partial charge is 0.282 e. The second-order valence-electron chi connectivity index (χ2n) is 6.01. The molecule has 0 saturated carbocycles. The Bertz CT molecular complexity index is 1030. The number of benzene rings is 2. The summed E-state index contributed by atoms with van der Waals surface area (Å²) in [5, 5.41) is 24.2. The average Bonchev–Trinajstić information content (AvgIpc) is 2.88. The van der Waals surface area contributed by atoms with E-state index < -0.39 is 28.2 Å². The maximum atomic E-state index is 12.6. The zero-order chi connectivity index (χ0) is 19.9. The Labute approximate surface area is 158 Å². The second kappa shape index (κ2) is 6.73. The third-order valence-corrected chi connectivity index (χ3v) is 4.42. The summed E-state index contributed by atoms with van der Waals surface area (Å²) in [4.78, 5) is 35.0. The molecule has 27 heavy (non-hydrogen) atoms. The first-order valence-corrected chi connectivity index (χ1v) is 8.16. The number of hydrazine groups is 1. The molecule has 1 saturated heterocycles. The lowest BCUT2D eigenvalue weighted by Gasteiger charge is -2.16. The number of halogens is 1. The highest BCUT2D eigenvalue weighted by Crippen LogP contribution is 2.33. The van der Waals surface area contributed by atoms with Gasteiger partial charge >= 0.3 is 0 Å². The Hall–Kier alpha value is -3.39. The molecule has 9 heteroatoms. The van der Waals surface area contributed by atoms with Crippen molar-refractivity contribution in [1.29, 1.82) is 0 Å². The largest absolute Gasteiger partial charge is 0.867 e. The van der Waals surface area contributed by atoms with Gasteiger partial charge in [-0.05, 0) is 60.6 Å². The van der Waals surface area contributed by atoms with E-state index in [1.54, 1.807) is 12.1 Å². The number of aryl methyl sites for hydroxylation is 2. The highest BCUT2D eigenvalue weighted by molar-refractivity contribution is 6.32. The number of anilines is 1. The molecule has 8 nitrogen and oxygen atoms in total. The lowest BCUT2D eigenvalue weighted by Crippen LogP contribution is -2.35. The van der Waals surface area contributed by atoms with Crippen molar-refractivity contribution in [3.63, 3.8) is 0 Å². The molecule has 0 bridgehead atoms. The van der Waals surface area contributed by atoms with Crippen molar-refractivity contribution in [2.45, 2.75) is 13.8 Å². The van der Waals surface area contributed by atoms with Crippen molar-refractivity contribution < 1.29 is 19.6 Å². The molecular weight excluding hydrogens is 374 g/mol.